The minimum atomic E-state index is -0.973. The fourth-order valence-electron chi connectivity index (χ4n) is 11.2. The molecule has 4 fully saturated rings. The summed E-state index contributed by atoms with van der Waals surface area (Å²) in [7, 11) is 0. The molecule has 2 unspecified atom stereocenters. The number of carboxylic acid groups (broad SMARTS) is 2. The molecule has 40 heavy (non-hydrogen) atoms. The normalized spacial score (nSPS) is 43.4. The maximum atomic E-state index is 12.9. The van der Waals surface area contributed by atoms with E-state index in [1.807, 2.05) is 0 Å². The van der Waals surface area contributed by atoms with Gasteiger partial charge in [0.25, 0.3) is 0 Å². The lowest BCUT2D eigenvalue weighted by atomic mass is 9.34. The molecule has 6 heteroatoms. The first-order valence-corrected chi connectivity index (χ1v) is 15.8. The first-order valence-electron chi connectivity index (χ1n) is 15.8. The number of esters is 1. The lowest BCUT2D eigenvalue weighted by Gasteiger charge is -2.71. The van der Waals surface area contributed by atoms with Gasteiger partial charge < -0.3 is 14.9 Å². The quantitative estimate of drug-likeness (QED) is 0.265. The number of aliphatic carboxylic acids is 2. The predicted octanol–water partition coefficient (Wildman–Crippen LogP) is 7.79. The van der Waals surface area contributed by atoms with Crippen molar-refractivity contribution in [2.45, 2.75) is 138 Å². The maximum Gasteiger partial charge on any atom is 0.313 e. The van der Waals surface area contributed by atoms with Gasteiger partial charge in [-0.15, -0.1) is 0 Å². The molecule has 0 spiro atoms. The van der Waals surface area contributed by atoms with Crippen LogP contribution in [0.5, 0.6) is 0 Å². The van der Waals surface area contributed by atoms with Crippen LogP contribution >= 0.6 is 0 Å². The van der Waals surface area contributed by atoms with Gasteiger partial charge in [0, 0.05) is 5.41 Å². The maximum absolute atomic E-state index is 12.9. The minimum Gasteiger partial charge on any atom is -0.481 e. The molecule has 0 radical (unpaired) electrons. The van der Waals surface area contributed by atoms with Crippen molar-refractivity contribution < 1.29 is 29.3 Å². The summed E-state index contributed by atoms with van der Waals surface area (Å²) in [6.45, 7) is 16.7. The highest BCUT2D eigenvalue weighted by atomic mass is 16.5. The standard InChI is InChI=1S/C34H52O6/c1-29(2)16-18-34(28(38)39)19-17-32(6)21(22(34)20-29)8-9-24-31(5)14-13-25(40-27(37)11-10-26(35)36)30(3,4)23(31)12-15-33(24,32)7/h23-25H,8-20H2,1-7H3,(H,35,36)(H,38,39)/t23?,24?,25-,31-,32+,33+,34-/m0/s1. The Bertz CT molecular complexity index is 1130. The van der Waals surface area contributed by atoms with E-state index in [4.69, 9.17) is 9.84 Å². The lowest BCUT2D eigenvalue weighted by molar-refractivity contribution is -0.214. The second kappa shape index (κ2) is 9.33. The lowest BCUT2D eigenvalue weighted by Crippen LogP contribution is -2.64. The summed E-state index contributed by atoms with van der Waals surface area (Å²) in [6, 6.07) is 0. The van der Waals surface area contributed by atoms with E-state index in [-0.39, 0.29) is 46.0 Å². The summed E-state index contributed by atoms with van der Waals surface area (Å²) in [4.78, 5) is 36.3. The van der Waals surface area contributed by atoms with Crippen LogP contribution in [0.1, 0.15) is 132 Å². The van der Waals surface area contributed by atoms with Crippen LogP contribution in [-0.2, 0) is 19.1 Å². The fourth-order valence-corrected chi connectivity index (χ4v) is 11.2. The van der Waals surface area contributed by atoms with Crippen molar-refractivity contribution in [3.63, 3.8) is 0 Å². The van der Waals surface area contributed by atoms with Gasteiger partial charge in [-0.05, 0) is 104 Å². The number of ether oxygens (including phenoxy) is 1. The Kier molecular flexibility index (Phi) is 6.91. The summed E-state index contributed by atoms with van der Waals surface area (Å²) in [6.07, 6.45) is 10.0. The predicted molar refractivity (Wildman–Crippen MR) is 153 cm³/mol. The minimum absolute atomic E-state index is 0.00981. The van der Waals surface area contributed by atoms with E-state index >= 15 is 0 Å². The van der Waals surface area contributed by atoms with Gasteiger partial charge >= 0.3 is 17.9 Å². The average Bonchev–Trinajstić information content (AvgIpc) is 2.84. The van der Waals surface area contributed by atoms with Crippen LogP contribution in [-0.4, -0.2) is 34.2 Å². The van der Waals surface area contributed by atoms with Crippen LogP contribution in [0.4, 0.5) is 0 Å². The van der Waals surface area contributed by atoms with Gasteiger partial charge in [0.05, 0.1) is 18.3 Å². The molecule has 4 saturated carbocycles. The average molecular weight is 557 g/mol. The molecule has 0 aromatic heterocycles. The molecular weight excluding hydrogens is 504 g/mol. The number of hydrogen-bond acceptors (Lipinski definition) is 4. The van der Waals surface area contributed by atoms with Crippen LogP contribution in [0.3, 0.4) is 0 Å². The van der Waals surface area contributed by atoms with E-state index in [0.29, 0.717) is 11.8 Å². The second-order valence-corrected chi connectivity index (χ2v) is 16.4. The zero-order valence-electron chi connectivity index (χ0n) is 26.0. The van der Waals surface area contributed by atoms with Crippen molar-refractivity contribution in [3.05, 3.63) is 11.1 Å². The van der Waals surface area contributed by atoms with E-state index in [9.17, 15) is 19.5 Å². The summed E-state index contributed by atoms with van der Waals surface area (Å²) in [5.74, 6) is -1.03. The Morgan fingerprint density at radius 3 is 2.10 bits per heavy atom. The molecule has 0 aromatic carbocycles. The number of carbonyl (C=O) groups is 3. The Labute approximate surface area is 240 Å². The molecule has 0 aliphatic heterocycles. The summed E-state index contributed by atoms with van der Waals surface area (Å²) < 4.78 is 5.96. The molecule has 0 saturated heterocycles. The van der Waals surface area contributed by atoms with Gasteiger partial charge in [-0.3, -0.25) is 14.4 Å². The molecule has 6 nitrogen and oxygen atoms in total. The molecule has 224 valence electrons. The zero-order chi connectivity index (χ0) is 29.5. The van der Waals surface area contributed by atoms with Gasteiger partial charge in [-0.1, -0.05) is 59.6 Å². The van der Waals surface area contributed by atoms with Crippen LogP contribution < -0.4 is 0 Å². The molecule has 2 N–H and O–H groups in total. The van der Waals surface area contributed by atoms with Gasteiger partial charge in [0.2, 0.25) is 0 Å². The Balaban J connectivity index is 1.47. The number of allylic oxidation sites excluding steroid dienone is 1. The molecule has 7 atom stereocenters. The summed E-state index contributed by atoms with van der Waals surface area (Å²) in [5, 5.41) is 19.6. The molecular formula is C34H52O6. The molecule has 5 rings (SSSR count). The third-order valence-corrected chi connectivity index (χ3v) is 13.7. The van der Waals surface area contributed by atoms with Crippen LogP contribution in [0.15, 0.2) is 11.1 Å². The van der Waals surface area contributed by atoms with E-state index in [0.717, 1.165) is 70.6 Å². The van der Waals surface area contributed by atoms with Crippen LogP contribution in [0.2, 0.25) is 0 Å². The number of fused-ring (bicyclic) bond motifs is 6. The van der Waals surface area contributed by atoms with Crippen LogP contribution in [0.25, 0.3) is 0 Å². The van der Waals surface area contributed by atoms with Crippen molar-refractivity contribution in [2.75, 3.05) is 0 Å². The molecule has 0 bridgehead atoms. The van der Waals surface area contributed by atoms with Crippen LogP contribution in [0, 0.1) is 44.3 Å². The first-order chi connectivity index (χ1) is 18.4. The topological polar surface area (TPSA) is 101 Å². The molecule has 5 aliphatic rings. The van der Waals surface area contributed by atoms with Crippen molar-refractivity contribution in [2.24, 2.45) is 44.3 Å². The second-order valence-electron chi connectivity index (χ2n) is 16.4. The van der Waals surface area contributed by atoms with Gasteiger partial charge in [0.1, 0.15) is 6.10 Å². The molecule has 0 heterocycles. The Morgan fingerprint density at radius 1 is 0.775 bits per heavy atom. The molecule has 0 amide bonds. The highest BCUT2D eigenvalue weighted by Crippen LogP contribution is 2.75. The largest absolute Gasteiger partial charge is 0.481 e. The van der Waals surface area contributed by atoms with E-state index < -0.39 is 23.3 Å². The Morgan fingerprint density at radius 2 is 1.45 bits per heavy atom. The van der Waals surface area contributed by atoms with Gasteiger partial charge in [-0.25, -0.2) is 0 Å². The van der Waals surface area contributed by atoms with Crippen molar-refractivity contribution >= 4 is 17.9 Å². The number of hydrogen-bond donors (Lipinski definition) is 2. The highest BCUT2D eigenvalue weighted by Gasteiger charge is 2.68. The van der Waals surface area contributed by atoms with E-state index in [2.05, 4.69) is 48.5 Å². The van der Waals surface area contributed by atoms with E-state index in [1.54, 1.807) is 0 Å². The third-order valence-electron chi connectivity index (χ3n) is 13.7. The number of carboxylic acids is 2. The molecule has 0 aromatic rings. The summed E-state index contributed by atoms with van der Waals surface area (Å²) >= 11 is 0. The SMILES string of the molecule is CC1(C)CC[C@]2(C(=O)O)CC[C@]3(C)C(=C2C1)CCC1[C@@]2(C)CC[C@H](OC(=O)CCC(=O)O)C(C)(C)C2CC[C@]13C. The zero-order valence-corrected chi connectivity index (χ0v) is 26.0. The van der Waals surface area contributed by atoms with Crippen molar-refractivity contribution in [1.82, 2.24) is 0 Å². The van der Waals surface area contributed by atoms with E-state index in [1.165, 1.54) is 11.1 Å². The number of carbonyl (C=O) groups excluding carboxylic acids is 1. The summed E-state index contributed by atoms with van der Waals surface area (Å²) in [5.41, 5.74) is 2.30. The van der Waals surface area contributed by atoms with Gasteiger partial charge in [-0.2, -0.15) is 0 Å². The monoisotopic (exact) mass is 556 g/mol. The smallest absolute Gasteiger partial charge is 0.313 e. The Hall–Kier alpha value is -1.85. The van der Waals surface area contributed by atoms with Crippen molar-refractivity contribution in [3.8, 4) is 0 Å². The molecule has 5 aliphatic carbocycles. The number of rotatable bonds is 5. The first kappa shape index (κ1) is 29.6. The fraction of sp³-hybridized carbons (Fsp3) is 0.853. The third kappa shape index (κ3) is 4.12. The van der Waals surface area contributed by atoms with Crippen molar-refractivity contribution in [1.29, 1.82) is 0 Å². The highest BCUT2D eigenvalue weighted by molar-refractivity contribution is 5.80. The van der Waals surface area contributed by atoms with Gasteiger partial charge in [0.15, 0.2) is 0 Å².